The van der Waals surface area contributed by atoms with Crippen LogP contribution in [0.25, 0.3) is 0 Å². The quantitative estimate of drug-likeness (QED) is 0.689. The summed E-state index contributed by atoms with van der Waals surface area (Å²) in [4.78, 5) is 28.3. The third kappa shape index (κ3) is 4.73. The minimum atomic E-state index is -0.871. The molecule has 1 amide bonds. The summed E-state index contributed by atoms with van der Waals surface area (Å²) in [5, 5.41) is 3.38. The maximum atomic E-state index is 13.4. The molecule has 1 aromatic carbocycles. The lowest BCUT2D eigenvalue weighted by Gasteiger charge is -2.31. The molecule has 1 atom stereocenters. The monoisotopic (exact) mass is 415 g/mol. The van der Waals surface area contributed by atoms with E-state index >= 15 is 0 Å². The van der Waals surface area contributed by atoms with Gasteiger partial charge in [0.25, 0.3) is 0 Å². The third-order valence-electron chi connectivity index (χ3n) is 4.77. The van der Waals surface area contributed by atoms with E-state index in [1.165, 1.54) is 17.4 Å². The fraction of sp³-hybridized carbons (Fsp3) is 0.300. The lowest BCUT2D eigenvalue weighted by Crippen LogP contribution is -2.41. The van der Waals surface area contributed by atoms with Gasteiger partial charge in [-0.3, -0.25) is 4.79 Å². The number of benzene rings is 1. The van der Waals surface area contributed by atoms with Crippen LogP contribution in [0.3, 0.4) is 0 Å². The summed E-state index contributed by atoms with van der Waals surface area (Å²) in [6.45, 7) is 1.38. The van der Waals surface area contributed by atoms with Crippen LogP contribution in [0.1, 0.15) is 23.3 Å². The lowest BCUT2D eigenvalue weighted by molar-refractivity contribution is -0.120. The van der Waals surface area contributed by atoms with E-state index in [1.807, 2.05) is 4.90 Å². The van der Waals surface area contributed by atoms with Crippen molar-refractivity contribution in [1.82, 2.24) is 15.0 Å². The highest BCUT2D eigenvalue weighted by Crippen LogP contribution is 2.25. The van der Waals surface area contributed by atoms with Crippen LogP contribution in [0.2, 0.25) is 0 Å². The number of nitrogens with one attached hydrogen (secondary N) is 1. The van der Waals surface area contributed by atoms with Gasteiger partial charge >= 0.3 is 0 Å². The molecule has 9 heteroatoms. The van der Waals surface area contributed by atoms with Crippen LogP contribution in [-0.2, 0) is 11.2 Å². The van der Waals surface area contributed by atoms with Crippen LogP contribution in [0.5, 0.6) is 0 Å². The molecule has 4 rings (SSSR count). The van der Waals surface area contributed by atoms with Crippen LogP contribution in [-0.4, -0.2) is 33.9 Å². The highest BCUT2D eigenvalue weighted by Gasteiger charge is 2.27. The molecular weight excluding hydrogens is 396 g/mol. The second-order valence-electron chi connectivity index (χ2n) is 6.88. The average molecular weight is 415 g/mol. The SMILES string of the molecule is O=C(Nc1ncc(Cc2ccc(F)c(F)c2)s1)[C@H]1CCCN(c2ncccn2)C1. The number of carbonyl (C=O) groups excluding carboxylic acids is 1. The predicted octanol–water partition coefficient (Wildman–Crippen LogP) is 3.66. The molecule has 0 bridgehead atoms. The molecule has 1 aliphatic rings. The van der Waals surface area contributed by atoms with Gasteiger partial charge < -0.3 is 10.2 Å². The molecule has 0 radical (unpaired) electrons. The first-order valence-corrected chi connectivity index (χ1v) is 10.1. The third-order valence-corrected chi connectivity index (χ3v) is 5.69. The van der Waals surface area contributed by atoms with E-state index in [0.29, 0.717) is 29.6 Å². The number of nitrogens with zero attached hydrogens (tertiary/aromatic N) is 4. The molecule has 1 N–H and O–H groups in total. The topological polar surface area (TPSA) is 71.0 Å². The Morgan fingerprint density at radius 3 is 2.83 bits per heavy atom. The van der Waals surface area contributed by atoms with Gasteiger partial charge in [0.05, 0.1) is 5.92 Å². The number of rotatable bonds is 5. The number of thiazole rings is 1. The fourth-order valence-electron chi connectivity index (χ4n) is 3.33. The predicted molar refractivity (Wildman–Crippen MR) is 107 cm³/mol. The standard InChI is InChI=1S/C20H19F2N5OS/c21-16-5-4-13(10-17(16)22)9-15-11-25-20(29-15)26-18(28)14-3-1-8-27(12-14)19-23-6-2-7-24-19/h2,4-7,10-11,14H,1,3,8-9,12H2,(H,25,26,28)/t14-/m0/s1. The van der Waals surface area contributed by atoms with E-state index in [4.69, 9.17) is 0 Å². The normalized spacial score (nSPS) is 16.6. The number of hydrogen-bond donors (Lipinski definition) is 1. The highest BCUT2D eigenvalue weighted by molar-refractivity contribution is 7.15. The number of carbonyl (C=O) groups is 1. The molecule has 6 nitrogen and oxygen atoms in total. The van der Waals surface area contributed by atoms with Gasteiger partial charge in [0.1, 0.15) is 0 Å². The van der Waals surface area contributed by atoms with E-state index in [-0.39, 0.29) is 11.8 Å². The van der Waals surface area contributed by atoms with Gasteiger partial charge in [-0.2, -0.15) is 0 Å². The highest BCUT2D eigenvalue weighted by atomic mass is 32.1. The van der Waals surface area contributed by atoms with E-state index < -0.39 is 11.6 Å². The van der Waals surface area contributed by atoms with E-state index in [0.717, 1.165) is 30.3 Å². The number of aromatic nitrogens is 3. The van der Waals surface area contributed by atoms with Crippen molar-refractivity contribution in [2.24, 2.45) is 5.92 Å². The molecule has 1 fully saturated rings. The Kier molecular flexibility index (Phi) is 5.75. The molecule has 3 aromatic rings. The first-order chi connectivity index (χ1) is 14.1. The van der Waals surface area contributed by atoms with Gasteiger partial charge in [-0.1, -0.05) is 6.07 Å². The molecule has 1 aliphatic heterocycles. The summed E-state index contributed by atoms with van der Waals surface area (Å²) in [5.41, 5.74) is 0.649. The maximum Gasteiger partial charge on any atom is 0.231 e. The number of piperidine rings is 1. The minimum absolute atomic E-state index is 0.0839. The summed E-state index contributed by atoms with van der Waals surface area (Å²) in [5.74, 6) is -1.36. The van der Waals surface area contributed by atoms with Crippen molar-refractivity contribution < 1.29 is 13.6 Å². The zero-order valence-electron chi connectivity index (χ0n) is 15.5. The molecule has 150 valence electrons. The Balaban J connectivity index is 1.36. The van der Waals surface area contributed by atoms with Gasteiger partial charge in [0.15, 0.2) is 16.8 Å². The largest absolute Gasteiger partial charge is 0.340 e. The van der Waals surface area contributed by atoms with Crippen molar-refractivity contribution in [2.45, 2.75) is 19.3 Å². The molecule has 0 saturated carbocycles. The first-order valence-electron chi connectivity index (χ1n) is 9.30. The molecule has 0 unspecified atom stereocenters. The summed E-state index contributed by atoms with van der Waals surface area (Å²) in [7, 11) is 0. The summed E-state index contributed by atoms with van der Waals surface area (Å²) < 4.78 is 26.4. The second kappa shape index (κ2) is 8.60. The van der Waals surface area contributed by atoms with E-state index in [9.17, 15) is 13.6 Å². The smallest absolute Gasteiger partial charge is 0.231 e. The Labute approximate surface area is 170 Å². The molecule has 2 aromatic heterocycles. The van der Waals surface area contributed by atoms with Gasteiger partial charge in [0.2, 0.25) is 11.9 Å². The van der Waals surface area contributed by atoms with Crippen molar-refractivity contribution in [2.75, 3.05) is 23.3 Å². The fourth-order valence-corrected chi connectivity index (χ4v) is 4.18. The van der Waals surface area contributed by atoms with Crippen molar-refractivity contribution in [3.63, 3.8) is 0 Å². The van der Waals surface area contributed by atoms with Crippen molar-refractivity contribution >= 4 is 28.3 Å². The van der Waals surface area contributed by atoms with Crippen molar-refractivity contribution in [3.05, 3.63) is 64.9 Å². The zero-order valence-corrected chi connectivity index (χ0v) is 16.3. The number of halogens is 2. The summed E-state index contributed by atoms with van der Waals surface area (Å²) >= 11 is 1.33. The minimum Gasteiger partial charge on any atom is -0.340 e. The maximum absolute atomic E-state index is 13.4. The van der Waals surface area contributed by atoms with Gasteiger partial charge in [0, 0.05) is 43.0 Å². The second-order valence-corrected chi connectivity index (χ2v) is 8.00. The molecule has 0 aliphatic carbocycles. The Bertz CT molecular complexity index is 998. The first kappa shape index (κ1) is 19.4. The van der Waals surface area contributed by atoms with E-state index in [1.54, 1.807) is 30.7 Å². The molecule has 0 spiro atoms. The summed E-state index contributed by atoms with van der Waals surface area (Å²) in [6, 6.07) is 5.59. The molecule has 1 saturated heterocycles. The van der Waals surface area contributed by atoms with E-state index in [2.05, 4.69) is 20.3 Å². The average Bonchev–Trinajstić information content (AvgIpc) is 3.18. The zero-order chi connectivity index (χ0) is 20.2. The molecule has 3 heterocycles. The van der Waals surface area contributed by atoms with Crippen LogP contribution >= 0.6 is 11.3 Å². The Morgan fingerprint density at radius 1 is 1.21 bits per heavy atom. The number of anilines is 2. The number of amides is 1. The van der Waals surface area contributed by atoms with Gasteiger partial charge in [-0.25, -0.2) is 23.7 Å². The van der Waals surface area contributed by atoms with Crippen molar-refractivity contribution in [3.8, 4) is 0 Å². The Morgan fingerprint density at radius 2 is 2.03 bits per heavy atom. The van der Waals surface area contributed by atoms with Crippen LogP contribution < -0.4 is 10.2 Å². The lowest BCUT2D eigenvalue weighted by atomic mass is 9.97. The Hall–Kier alpha value is -2.94. The van der Waals surface area contributed by atoms with Crippen molar-refractivity contribution in [1.29, 1.82) is 0 Å². The summed E-state index contributed by atoms with van der Waals surface area (Å²) in [6.07, 6.45) is 7.13. The molecular formula is C20H19F2N5OS. The molecule has 29 heavy (non-hydrogen) atoms. The van der Waals surface area contributed by atoms with Gasteiger partial charge in [-0.15, -0.1) is 11.3 Å². The van der Waals surface area contributed by atoms with Gasteiger partial charge in [-0.05, 0) is 36.6 Å². The van der Waals surface area contributed by atoms with Crippen LogP contribution in [0, 0.1) is 17.6 Å². The van der Waals surface area contributed by atoms with Crippen LogP contribution in [0.15, 0.2) is 42.9 Å². The number of hydrogen-bond acceptors (Lipinski definition) is 6. The van der Waals surface area contributed by atoms with Crippen LogP contribution in [0.4, 0.5) is 19.9 Å².